The molecular formula is C12H13BrN4O. The number of hydrogen-bond donors (Lipinski definition) is 0. The van der Waals surface area contributed by atoms with Crippen molar-refractivity contribution >= 4 is 27.8 Å². The SMILES string of the molecule is CCn1ncc(Br)c1/C=C/C(=O)c1ccn(C)n1. The molecule has 0 aromatic carbocycles. The Kier molecular flexibility index (Phi) is 3.76. The van der Waals surface area contributed by atoms with Crippen LogP contribution in [0, 0.1) is 0 Å². The molecule has 0 radical (unpaired) electrons. The summed E-state index contributed by atoms with van der Waals surface area (Å²) in [5.41, 5.74) is 1.31. The Labute approximate surface area is 113 Å². The van der Waals surface area contributed by atoms with Gasteiger partial charge in [-0.1, -0.05) is 0 Å². The molecule has 0 bridgehead atoms. The zero-order valence-corrected chi connectivity index (χ0v) is 11.8. The molecule has 2 heterocycles. The van der Waals surface area contributed by atoms with E-state index in [0.717, 1.165) is 16.7 Å². The topological polar surface area (TPSA) is 52.7 Å². The largest absolute Gasteiger partial charge is 0.287 e. The number of nitrogens with zero attached hydrogens (tertiary/aromatic N) is 4. The number of ketones is 1. The molecule has 0 saturated heterocycles. The maximum atomic E-state index is 11.9. The van der Waals surface area contributed by atoms with Crippen LogP contribution in [0.4, 0.5) is 0 Å². The molecule has 0 amide bonds. The first kappa shape index (κ1) is 12.8. The number of allylic oxidation sites excluding steroid dienone is 1. The van der Waals surface area contributed by atoms with E-state index in [1.54, 1.807) is 36.3 Å². The zero-order chi connectivity index (χ0) is 13.1. The lowest BCUT2D eigenvalue weighted by molar-refractivity contribution is 0.104. The van der Waals surface area contributed by atoms with Crippen molar-refractivity contribution in [3.63, 3.8) is 0 Å². The summed E-state index contributed by atoms with van der Waals surface area (Å²) >= 11 is 3.40. The number of aryl methyl sites for hydroxylation is 2. The van der Waals surface area contributed by atoms with Crippen molar-refractivity contribution in [2.24, 2.45) is 7.05 Å². The monoisotopic (exact) mass is 308 g/mol. The third-order valence-electron chi connectivity index (χ3n) is 2.49. The van der Waals surface area contributed by atoms with Gasteiger partial charge >= 0.3 is 0 Å². The summed E-state index contributed by atoms with van der Waals surface area (Å²) in [5.74, 6) is -0.119. The van der Waals surface area contributed by atoms with Crippen molar-refractivity contribution in [1.82, 2.24) is 19.6 Å². The summed E-state index contributed by atoms with van der Waals surface area (Å²) in [6.45, 7) is 2.75. The first-order valence-electron chi connectivity index (χ1n) is 5.55. The van der Waals surface area contributed by atoms with Gasteiger partial charge in [0.25, 0.3) is 0 Å². The van der Waals surface area contributed by atoms with Crippen molar-refractivity contribution in [1.29, 1.82) is 0 Å². The van der Waals surface area contributed by atoms with Crippen molar-refractivity contribution in [3.8, 4) is 0 Å². The Morgan fingerprint density at radius 1 is 1.56 bits per heavy atom. The molecule has 2 aromatic heterocycles. The van der Waals surface area contributed by atoms with E-state index in [2.05, 4.69) is 26.1 Å². The van der Waals surface area contributed by atoms with E-state index < -0.39 is 0 Å². The van der Waals surface area contributed by atoms with Crippen LogP contribution in [-0.2, 0) is 13.6 Å². The van der Waals surface area contributed by atoms with Gasteiger partial charge in [0, 0.05) is 19.8 Å². The fourth-order valence-corrected chi connectivity index (χ4v) is 2.00. The molecule has 2 rings (SSSR count). The van der Waals surface area contributed by atoms with Crippen LogP contribution in [0.15, 0.2) is 29.0 Å². The molecule has 6 heteroatoms. The van der Waals surface area contributed by atoms with Gasteiger partial charge in [0.05, 0.1) is 16.4 Å². The fourth-order valence-electron chi connectivity index (χ4n) is 1.58. The van der Waals surface area contributed by atoms with Gasteiger partial charge in [-0.25, -0.2) is 0 Å². The highest BCUT2D eigenvalue weighted by molar-refractivity contribution is 9.10. The van der Waals surface area contributed by atoms with Crippen molar-refractivity contribution in [3.05, 3.63) is 40.4 Å². The lowest BCUT2D eigenvalue weighted by atomic mass is 10.2. The number of carbonyl (C=O) groups excluding carboxylic acids is 1. The van der Waals surface area contributed by atoms with E-state index >= 15 is 0 Å². The number of halogens is 1. The summed E-state index contributed by atoms with van der Waals surface area (Å²) in [4.78, 5) is 11.9. The van der Waals surface area contributed by atoms with Crippen molar-refractivity contribution in [2.75, 3.05) is 0 Å². The predicted octanol–water partition coefficient (Wildman–Crippen LogP) is 2.30. The van der Waals surface area contributed by atoms with Gasteiger partial charge in [0.15, 0.2) is 0 Å². The number of aromatic nitrogens is 4. The minimum atomic E-state index is -0.119. The fraction of sp³-hybridized carbons (Fsp3) is 0.250. The minimum Gasteiger partial charge on any atom is -0.287 e. The zero-order valence-electron chi connectivity index (χ0n) is 10.2. The van der Waals surface area contributed by atoms with Gasteiger partial charge in [-0.2, -0.15) is 10.2 Å². The molecule has 0 N–H and O–H groups in total. The number of hydrogen-bond acceptors (Lipinski definition) is 3. The third kappa shape index (κ3) is 2.59. The van der Waals surface area contributed by atoms with E-state index in [0.29, 0.717) is 5.69 Å². The summed E-state index contributed by atoms with van der Waals surface area (Å²) in [6.07, 6.45) is 6.72. The highest BCUT2D eigenvalue weighted by atomic mass is 79.9. The highest BCUT2D eigenvalue weighted by Crippen LogP contribution is 2.17. The second-order valence-electron chi connectivity index (χ2n) is 3.77. The quantitative estimate of drug-likeness (QED) is 0.643. The molecule has 0 aliphatic carbocycles. The van der Waals surface area contributed by atoms with E-state index in [9.17, 15) is 4.79 Å². The first-order valence-corrected chi connectivity index (χ1v) is 6.34. The number of carbonyl (C=O) groups is 1. The Morgan fingerprint density at radius 2 is 2.33 bits per heavy atom. The first-order chi connectivity index (χ1) is 8.61. The molecule has 94 valence electrons. The van der Waals surface area contributed by atoms with Crippen molar-refractivity contribution in [2.45, 2.75) is 13.5 Å². The molecule has 0 fully saturated rings. The van der Waals surface area contributed by atoms with Gasteiger partial charge in [0.2, 0.25) is 5.78 Å². The van der Waals surface area contributed by atoms with Gasteiger partial charge in [-0.3, -0.25) is 14.2 Å². The third-order valence-corrected chi connectivity index (χ3v) is 3.10. The van der Waals surface area contributed by atoms with Crippen LogP contribution in [-0.4, -0.2) is 25.3 Å². The van der Waals surface area contributed by atoms with E-state index in [1.165, 1.54) is 6.08 Å². The Morgan fingerprint density at radius 3 is 2.94 bits per heavy atom. The van der Waals surface area contributed by atoms with Crippen LogP contribution in [0.5, 0.6) is 0 Å². The highest BCUT2D eigenvalue weighted by Gasteiger charge is 2.07. The molecule has 0 unspecified atom stereocenters. The molecule has 5 nitrogen and oxygen atoms in total. The lowest BCUT2D eigenvalue weighted by Crippen LogP contribution is -2.00. The predicted molar refractivity (Wildman–Crippen MR) is 72.2 cm³/mol. The smallest absolute Gasteiger partial charge is 0.206 e. The summed E-state index contributed by atoms with van der Waals surface area (Å²) in [5, 5.41) is 8.23. The van der Waals surface area contributed by atoms with E-state index in [1.807, 2.05) is 11.6 Å². The van der Waals surface area contributed by atoms with Crippen LogP contribution in [0.3, 0.4) is 0 Å². The molecule has 18 heavy (non-hydrogen) atoms. The van der Waals surface area contributed by atoms with Crippen LogP contribution in [0.1, 0.15) is 23.1 Å². The number of rotatable bonds is 4. The van der Waals surface area contributed by atoms with Crippen LogP contribution in [0.2, 0.25) is 0 Å². The minimum absolute atomic E-state index is 0.119. The maximum Gasteiger partial charge on any atom is 0.206 e. The van der Waals surface area contributed by atoms with Crippen molar-refractivity contribution < 1.29 is 4.79 Å². The van der Waals surface area contributed by atoms with Gasteiger partial charge in [0.1, 0.15) is 5.69 Å². The van der Waals surface area contributed by atoms with Gasteiger partial charge in [-0.15, -0.1) is 0 Å². The Hall–Kier alpha value is -1.69. The summed E-state index contributed by atoms with van der Waals surface area (Å²) in [7, 11) is 1.78. The second kappa shape index (κ2) is 5.30. The molecule has 0 spiro atoms. The lowest BCUT2D eigenvalue weighted by Gasteiger charge is -1.99. The molecule has 0 aliphatic rings. The normalized spacial score (nSPS) is 11.3. The van der Waals surface area contributed by atoms with Crippen LogP contribution >= 0.6 is 15.9 Å². The van der Waals surface area contributed by atoms with Gasteiger partial charge < -0.3 is 0 Å². The van der Waals surface area contributed by atoms with E-state index in [4.69, 9.17) is 0 Å². The maximum absolute atomic E-state index is 11.9. The molecule has 0 aliphatic heterocycles. The van der Waals surface area contributed by atoms with E-state index in [-0.39, 0.29) is 5.78 Å². The summed E-state index contributed by atoms with van der Waals surface area (Å²) < 4.78 is 4.29. The Balaban J connectivity index is 2.20. The van der Waals surface area contributed by atoms with Crippen LogP contribution < -0.4 is 0 Å². The average molecular weight is 309 g/mol. The van der Waals surface area contributed by atoms with Gasteiger partial charge in [-0.05, 0) is 41.1 Å². The molecule has 0 saturated carbocycles. The summed E-state index contributed by atoms with van der Waals surface area (Å²) in [6, 6.07) is 1.69. The second-order valence-corrected chi connectivity index (χ2v) is 4.62. The average Bonchev–Trinajstić information content (AvgIpc) is 2.93. The standard InChI is InChI=1S/C12H13BrN4O/c1-3-17-11(9(13)8-14-17)4-5-12(18)10-6-7-16(2)15-10/h4-8H,3H2,1-2H3/b5-4+. The van der Waals surface area contributed by atoms with Crippen LogP contribution in [0.25, 0.3) is 6.08 Å². The molecule has 2 aromatic rings. The molecular weight excluding hydrogens is 296 g/mol. The molecule has 0 atom stereocenters. The Bertz CT molecular complexity index is 597.